The van der Waals surface area contributed by atoms with Crippen LogP contribution in [0.15, 0.2) is 60.7 Å². The number of aromatic nitrogens is 3. The molecule has 0 radical (unpaired) electrons. The normalized spacial score (nSPS) is 20.6. The molecule has 2 atom stereocenters. The minimum absolute atomic E-state index is 0.193. The molecule has 202 valence electrons. The molecular weight excluding hydrogens is 515 g/mol. The van der Waals surface area contributed by atoms with Crippen molar-refractivity contribution in [1.29, 1.82) is 0 Å². The number of ketones is 1. The Morgan fingerprint density at radius 1 is 1.07 bits per heavy atom. The number of halogens is 1. The zero-order valence-corrected chi connectivity index (χ0v) is 21.6. The van der Waals surface area contributed by atoms with Gasteiger partial charge < -0.3 is 29.6 Å². The van der Waals surface area contributed by atoms with Crippen molar-refractivity contribution in [3.05, 3.63) is 77.8 Å². The molecule has 11 heteroatoms. The number of carbonyl (C=O) groups excluding carboxylic acids is 2. The van der Waals surface area contributed by atoms with Gasteiger partial charge in [0.15, 0.2) is 5.76 Å². The van der Waals surface area contributed by atoms with E-state index in [2.05, 4.69) is 25.5 Å². The highest BCUT2D eigenvalue weighted by molar-refractivity contribution is 6.16. The van der Waals surface area contributed by atoms with Crippen molar-refractivity contribution >= 4 is 46.0 Å². The molecular formula is C29H25FN6O4. The second kappa shape index (κ2) is 9.45. The van der Waals surface area contributed by atoms with E-state index in [-0.39, 0.29) is 23.8 Å². The fourth-order valence-corrected chi connectivity index (χ4v) is 5.66. The topological polar surface area (TPSA) is 111 Å². The quantitative estimate of drug-likeness (QED) is 0.284. The lowest BCUT2D eigenvalue weighted by atomic mass is 10.1. The number of amides is 2. The Morgan fingerprint density at radius 2 is 1.85 bits per heavy atom. The summed E-state index contributed by atoms with van der Waals surface area (Å²) in [7, 11) is 1.93. The van der Waals surface area contributed by atoms with Gasteiger partial charge in [0, 0.05) is 49.2 Å². The number of nitrogens with zero attached hydrogens (tertiary/aromatic N) is 4. The lowest BCUT2D eigenvalue weighted by Gasteiger charge is -2.34. The number of hydrogen-bond acceptors (Lipinski definition) is 7. The number of benzene rings is 1. The first kappa shape index (κ1) is 24.3. The fraction of sp³-hybridized carbons (Fsp3) is 0.241. The average molecular weight is 541 g/mol. The number of pyridine rings is 2. The van der Waals surface area contributed by atoms with E-state index in [1.165, 1.54) is 12.3 Å². The third-order valence-corrected chi connectivity index (χ3v) is 7.45. The van der Waals surface area contributed by atoms with Crippen LogP contribution in [-0.4, -0.2) is 51.6 Å². The summed E-state index contributed by atoms with van der Waals surface area (Å²) in [4.78, 5) is 36.2. The van der Waals surface area contributed by atoms with Gasteiger partial charge in [-0.25, -0.2) is 14.8 Å². The van der Waals surface area contributed by atoms with Crippen LogP contribution in [0.4, 0.5) is 26.2 Å². The van der Waals surface area contributed by atoms with Crippen molar-refractivity contribution in [3.8, 4) is 5.75 Å². The van der Waals surface area contributed by atoms with Crippen LogP contribution in [0.1, 0.15) is 28.8 Å². The minimum atomic E-state index is -0.643. The molecule has 2 N–H and O–H groups in total. The average Bonchev–Trinajstić information content (AvgIpc) is 3.57. The lowest BCUT2D eigenvalue weighted by Crippen LogP contribution is -2.42. The number of nitrogens with one attached hydrogen (secondary N) is 2. The molecule has 2 fully saturated rings. The molecule has 3 aliphatic heterocycles. The summed E-state index contributed by atoms with van der Waals surface area (Å²) >= 11 is 0. The molecule has 40 heavy (non-hydrogen) atoms. The molecule has 0 aliphatic carbocycles. The van der Waals surface area contributed by atoms with Crippen molar-refractivity contribution in [1.82, 2.24) is 14.5 Å². The summed E-state index contributed by atoms with van der Waals surface area (Å²) in [6, 6.07) is 8.87. The smallest absolute Gasteiger partial charge is 0.323 e. The highest BCUT2D eigenvalue weighted by atomic mass is 19.1. The second-order valence-corrected chi connectivity index (χ2v) is 10.2. The maximum Gasteiger partial charge on any atom is 0.323 e. The first-order chi connectivity index (χ1) is 19.4. The molecule has 3 aliphatic rings. The largest absolute Gasteiger partial charge is 0.452 e. The number of Topliss-reactive ketones (excluding diaryl/α,β-unsaturated/α-hetero) is 1. The number of aryl methyl sites for hydroxylation is 1. The van der Waals surface area contributed by atoms with Gasteiger partial charge in [0.05, 0.1) is 35.3 Å². The van der Waals surface area contributed by atoms with E-state index < -0.39 is 12.0 Å². The predicted octanol–water partition coefficient (Wildman–Crippen LogP) is 4.74. The van der Waals surface area contributed by atoms with E-state index >= 15 is 0 Å². The zero-order valence-electron chi connectivity index (χ0n) is 21.6. The summed E-state index contributed by atoms with van der Waals surface area (Å²) in [5.74, 6) is -0.323. The molecule has 10 nitrogen and oxygen atoms in total. The van der Waals surface area contributed by atoms with Crippen molar-refractivity contribution in [3.63, 3.8) is 0 Å². The molecule has 7 rings (SSSR count). The van der Waals surface area contributed by atoms with Crippen LogP contribution in [-0.2, 0) is 11.8 Å². The third kappa shape index (κ3) is 4.34. The fourth-order valence-electron chi connectivity index (χ4n) is 5.66. The monoisotopic (exact) mass is 540 g/mol. The Balaban J connectivity index is 1.15. The van der Waals surface area contributed by atoms with Crippen molar-refractivity contribution in [2.45, 2.75) is 25.0 Å². The molecule has 2 amide bonds. The van der Waals surface area contributed by atoms with Gasteiger partial charge in [-0.2, -0.15) is 4.39 Å². The van der Waals surface area contributed by atoms with E-state index in [1.807, 2.05) is 30.1 Å². The van der Waals surface area contributed by atoms with E-state index in [0.717, 1.165) is 54.3 Å². The van der Waals surface area contributed by atoms with E-state index in [9.17, 15) is 14.0 Å². The molecule has 6 heterocycles. The summed E-state index contributed by atoms with van der Waals surface area (Å²) in [6.45, 7) is 1.64. The van der Waals surface area contributed by atoms with Crippen LogP contribution in [0.3, 0.4) is 0 Å². The molecule has 0 spiro atoms. The second-order valence-electron chi connectivity index (χ2n) is 10.2. The highest BCUT2D eigenvalue weighted by Crippen LogP contribution is 2.38. The number of carbonyl (C=O) groups is 2. The molecule has 3 aromatic heterocycles. The lowest BCUT2D eigenvalue weighted by molar-refractivity contribution is 0.0306. The highest BCUT2D eigenvalue weighted by Gasteiger charge is 2.35. The standard InChI is InChI=1S/C29H25FN6O4/c1-35-13-16(26-22(8-9-31-28(26)35)36-14-19-4-5-20(15-36)39-19)10-24-27(37)21-11-17(2-6-23(21)40-24)33-29(38)34-18-3-7-25(30)32-12-18/h2-3,6-13,19-20H,4-5,14-15H2,1H3,(H2,33,34,38). The Kier molecular flexibility index (Phi) is 5.74. The molecule has 1 aromatic carbocycles. The van der Waals surface area contributed by atoms with E-state index in [1.54, 1.807) is 24.3 Å². The Labute approximate surface area is 228 Å². The summed E-state index contributed by atoms with van der Waals surface area (Å²) in [6.07, 6.45) is 9.35. The van der Waals surface area contributed by atoms with E-state index in [0.29, 0.717) is 22.7 Å². The molecule has 4 aromatic rings. The molecule has 2 unspecified atom stereocenters. The van der Waals surface area contributed by atoms with Crippen LogP contribution >= 0.6 is 0 Å². The molecule has 2 bridgehead atoms. The molecule has 0 saturated carbocycles. The van der Waals surface area contributed by atoms with Crippen LogP contribution in [0.25, 0.3) is 17.1 Å². The van der Waals surface area contributed by atoms with Crippen LogP contribution < -0.4 is 20.3 Å². The van der Waals surface area contributed by atoms with Gasteiger partial charge in [0.1, 0.15) is 11.4 Å². The van der Waals surface area contributed by atoms with Gasteiger partial charge in [-0.1, -0.05) is 0 Å². The summed E-state index contributed by atoms with van der Waals surface area (Å²) in [5.41, 5.74) is 3.80. The predicted molar refractivity (Wildman–Crippen MR) is 147 cm³/mol. The van der Waals surface area contributed by atoms with Crippen LogP contribution in [0.2, 0.25) is 0 Å². The van der Waals surface area contributed by atoms with Crippen molar-refractivity contribution in [2.75, 3.05) is 28.6 Å². The van der Waals surface area contributed by atoms with Crippen molar-refractivity contribution < 1.29 is 23.5 Å². The van der Waals surface area contributed by atoms with Crippen LogP contribution in [0, 0.1) is 5.95 Å². The zero-order chi connectivity index (χ0) is 27.4. The van der Waals surface area contributed by atoms with Crippen LogP contribution in [0.5, 0.6) is 5.75 Å². The number of rotatable bonds is 4. The Hall–Kier alpha value is -4.77. The first-order valence-electron chi connectivity index (χ1n) is 13.0. The van der Waals surface area contributed by atoms with Gasteiger partial charge in [-0.3, -0.25) is 4.79 Å². The Bertz CT molecular complexity index is 1690. The van der Waals surface area contributed by atoms with Crippen molar-refractivity contribution in [2.24, 2.45) is 7.05 Å². The number of fused-ring (bicyclic) bond motifs is 4. The van der Waals surface area contributed by atoms with Gasteiger partial charge >= 0.3 is 6.03 Å². The summed E-state index contributed by atoms with van der Waals surface area (Å²) in [5, 5.41) is 6.21. The number of morpholine rings is 1. The molecule has 2 saturated heterocycles. The minimum Gasteiger partial charge on any atom is -0.452 e. The Morgan fingerprint density at radius 3 is 2.62 bits per heavy atom. The maximum atomic E-state index is 13.4. The number of hydrogen-bond donors (Lipinski definition) is 2. The van der Waals surface area contributed by atoms with Gasteiger partial charge in [-0.05, 0) is 55.3 Å². The van der Waals surface area contributed by atoms with Gasteiger partial charge in [0.25, 0.3) is 0 Å². The number of anilines is 3. The summed E-state index contributed by atoms with van der Waals surface area (Å²) < 4.78 is 27.0. The maximum absolute atomic E-state index is 13.4. The van der Waals surface area contributed by atoms with Gasteiger partial charge in [0.2, 0.25) is 11.7 Å². The first-order valence-corrected chi connectivity index (χ1v) is 13.0. The van der Waals surface area contributed by atoms with E-state index in [4.69, 9.17) is 9.47 Å². The number of allylic oxidation sites excluding steroid dienone is 1. The van der Waals surface area contributed by atoms with Gasteiger partial charge in [-0.15, -0.1) is 0 Å². The number of ether oxygens (including phenoxy) is 2. The third-order valence-electron chi connectivity index (χ3n) is 7.45. The SMILES string of the molecule is Cn1cc(C=C2Oc3ccc(NC(=O)Nc4ccc(F)nc4)cc3C2=O)c2c(N3CC4CCC(C3)O4)ccnc21. The number of urea groups is 1.